The lowest BCUT2D eigenvalue weighted by molar-refractivity contribution is -0.138. The van der Waals surface area contributed by atoms with Crippen molar-refractivity contribution in [1.82, 2.24) is 53.2 Å². The zero-order valence-corrected chi connectivity index (χ0v) is 44.1. The van der Waals surface area contributed by atoms with Crippen molar-refractivity contribution in [2.45, 2.75) is 184 Å². The number of nitrogens with one attached hydrogen (secondary N) is 10. The summed E-state index contributed by atoms with van der Waals surface area (Å²) in [5.41, 5.74) is 18.0. The molecule has 428 valence electrons. The third-order valence-corrected chi connectivity index (χ3v) is 12.3. The maximum absolute atomic E-state index is 14.3. The fourth-order valence-corrected chi connectivity index (χ4v) is 7.93. The Hall–Kier alpha value is -6.36. The van der Waals surface area contributed by atoms with E-state index in [2.05, 4.69) is 53.2 Å². The summed E-state index contributed by atoms with van der Waals surface area (Å²) in [5, 5.41) is 67.1. The Bertz CT molecular complexity index is 2070. The van der Waals surface area contributed by atoms with Gasteiger partial charge in [-0.05, 0) is 85.0 Å². The summed E-state index contributed by atoms with van der Waals surface area (Å²) in [6.07, 6.45) is -3.51. The second-order valence-corrected chi connectivity index (χ2v) is 18.9. The van der Waals surface area contributed by atoms with Crippen LogP contribution < -0.4 is 70.4 Å². The van der Waals surface area contributed by atoms with Crippen LogP contribution in [0.1, 0.15) is 104 Å². The maximum Gasteiger partial charge on any atom is 0.245 e. The van der Waals surface area contributed by atoms with Gasteiger partial charge in [0.2, 0.25) is 59.1 Å². The molecule has 0 aliphatic carbocycles. The van der Waals surface area contributed by atoms with Crippen molar-refractivity contribution in [2.75, 3.05) is 26.2 Å². The highest BCUT2D eigenvalue weighted by Gasteiger charge is 2.38. The predicted molar refractivity (Wildman–Crippen MR) is 276 cm³/mol. The number of hydrogen-bond donors (Lipinski definition) is 17. The van der Waals surface area contributed by atoms with Gasteiger partial charge in [0.15, 0.2) is 0 Å². The average Bonchev–Trinajstić information content (AvgIpc) is 3.36. The van der Waals surface area contributed by atoms with Crippen LogP contribution in [0.3, 0.4) is 0 Å². The quantitative estimate of drug-likeness (QED) is 0.0454. The predicted octanol–water partition coefficient (Wildman–Crippen LogP) is -5.96. The number of carbonyl (C=O) groups excluding carboxylic acids is 10. The van der Waals surface area contributed by atoms with Crippen LogP contribution in [0.2, 0.25) is 0 Å². The minimum atomic E-state index is -1.84. The number of amides is 10. The van der Waals surface area contributed by atoms with Crippen molar-refractivity contribution in [3.05, 3.63) is 35.9 Å². The summed E-state index contributed by atoms with van der Waals surface area (Å²) in [7, 11) is 0. The molecule has 1 aliphatic rings. The summed E-state index contributed by atoms with van der Waals surface area (Å²) in [4.78, 5) is 138. The lowest BCUT2D eigenvalue weighted by Gasteiger charge is -2.29. The minimum absolute atomic E-state index is 0.0491. The first-order valence-corrected chi connectivity index (χ1v) is 25.9. The van der Waals surface area contributed by atoms with Gasteiger partial charge in [-0.25, -0.2) is 0 Å². The molecule has 20 N–H and O–H groups in total. The SMILES string of the molecule is CCCCCCCC(=O)N[C@H](C(=O)N[C@@H](C(=O)N[C@H]1CCNC(=O)[C@H]([C@@H](C)O)NC(=O)[C@H](CCN)NC(=O)[C@H](CCN)NC(=O)[C@H]([C@@H](C)O)NC(=O)[C@H](Cc2ccccc2)NC(=O)[C@H](CCN)NC1=O)[C@@H](C)O)[C@@H](C)O. The van der Waals surface area contributed by atoms with E-state index in [1.165, 1.54) is 20.8 Å². The lowest BCUT2D eigenvalue weighted by Crippen LogP contribution is -2.63. The molecule has 1 aromatic carbocycles. The number of rotatable bonds is 23. The van der Waals surface area contributed by atoms with Gasteiger partial charge in [-0.3, -0.25) is 47.9 Å². The van der Waals surface area contributed by atoms with Crippen LogP contribution in [0, 0.1) is 0 Å². The number of aliphatic hydroxyl groups excluding tert-OH is 4. The summed E-state index contributed by atoms with van der Waals surface area (Å²) >= 11 is 0. The molecular formula is C49H83N13O14. The standard InChI is InChI=1S/C49H83N13O14/c1-6-7-8-9-13-16-36(67)59-38(27(3)64)49(76)62-40(29(5)66)48(75)57-34-20-24-53-46(73)37(26(2)63)60-44(71)33(19-23-52)55-41(68)32(18-22-51)56-47(74)39(28(4)65)61-45(72)35(25-30-14-11-10-12-15-30)58-42(69)31(17-21-50)54-43(34)70/h10-12,14-15,26-29,31-35,37-40,63-66H,6-9,13,16-25,50-52H2,1-5H3,(H,53,73)(H,54,70)(H,55,68)(H,56,74)(H,57,75)(H,58,69)(H,59,67)(H,60,71)(H,61,72)(H,62,76)/t26-,27-,28-,29-,31+,32+,33+,34+,35+,37+,38+,39+,40-/m1/s1. The Labute approximate surface area is 442 Å². The Balaban J connectivity index is 2.69. The van der Waals surface area contributed by atoms with E-state index < -0.39 is 151 Å². The molecule has 27 nitrogen and oxygen atoms in total. The van der Waals surface area contributed by atoms with Crippen molar-refractivity contribution >= 4 is 59.1 Å². The van der Waals surface area contributed by atoms with E-state index in [1.807, 2.05) is 6.92 Å². The largest absolute Gasteiger partial charge is 0.391 e. The molecule has 1 aliphatic heterocycles. The maximum atomic E-state index is 14.3. The smallest absolute Gasteiger partial charge is 0.245 e. The number of nitrogens with two attached hydrogens (primary N) is 3. The topological polar surface area (TPSA) is 450 Å². The van der Waals surface area contributed by atoms with Crippen LogP contribution >= 0.6 is 0 Å². The van der Waals surface area contributed by atoms with Crippen molar-refractivity contribution < 1.29 is 68.4 Å². The molecule has 1 aromatic rings. The van der Waals surface area contributed by atoms with E-state index >= 15 is 0 Å². The minimum Gasteiger partial charge on any atom is -0.391 e. The summed E-state index contributed by atoms with van der Waals surface area (Å²) in [6.45, 7) is 5.71. The van der Waals surface area contributed by atoms with E-state index in [9.17, 15) is 68.4 Å². The number of aliphatic hydroxyl groups is 4. The highest BCUT2D eigenvalue weighted by Crippen LogP contribution is 2.10. The van der Waals surface area contributed by atoms with Gasteiger partial charge in [0.05, 0.1) is 24.4 Å². The van der Waals surface area contributed by atoms with E-state index in [4.69, 9.17) is 17.2 Å². The Kier molecular flexibility index (Phi) is 29.7. The molecule has 0 bridgehead atoms. The monoisotopic (exact) mass is 1080 g/mol. The van der Waals surface area contributed by atoms with Gasteiger partial charge in [0, 0.05) is 19.4 Å². The van der Waals surface area contributed by atoms with Crippen LogP contribution in [0.25, 0.3) is 0 Å². The summed E-state index contributed by atoms with van der Waals surface area (Å²) < 4.78 is 0. The first-order valence-electron chi connectivity index (χ1n) is 25.9. The molecule has 0 spiro atoms. The molecule has 1 fully saturated rings. The number of carbonyl (C=O) groups is 10. The first-order chi connectivity index (χ1) is 36.0. The second-order valence-electron chi connectivity index (χ2n) is 18.9. The molecule has 2 rings (SSSR count). The number of hydrogen-bond acceptors (Lipinski definition) is 17. The molecule has 27 heteroatoms. The Morgan fingerprint density at radius 3 is 1.51 bits per heavy atom. The molecular weight excluding hydrogens is 995 g/mol. The van der Waals surface area contributed by atoms with Gasteiger partial charge in [-0.2, -0.15) is 0 Å². The molecule has 1 saturated heterocycles. The van der Waals surface area contributed by atoms with Gasteiger partial charge in [0.1, 0.15) is 54.4 Å². The molecule has 0 unspecified atom stereocenters. The van der Waals surface area contributed by atoms with Crippen LogP contribution in [-0.2, 0) is 54.4 Å². The molecule has 13 atom stereocenters. The van der Waals surface area contributed by atoms with Crippen molar-refractivity contribution in [3.8, 4) is 0 Å². The second kappa shape index (κ2) is 34.3. The van der Waals surface area contributed by atoms with Crippen molar-refractivity contribution in [3.63, 3.8) is 0 Å². The third kappa shape index (κ3) is 22.5. The van der Waals surface area contributed by atoms with Gasteiger partial charge in [-0.15, -0.1) is 0 Å². The zero-order chi connectivity index (χ0) is 57.1. The Morgan fingerprint density at radius 2 is 1.01 bits per heavy atom. The van der Waals surface area contributed by atoms with Crippen LogP contribution in [-0.4, -0.2) is 184 Å². The van der Waals surface area contributed by atoms with E-state index in [0.29, 0.717) is 12.0 Å². The summed E-state index contributed by atoms with van der Waals surface area (Å²) in [5.74, 6) is -9.85. The fourth-order valence-electron chi connectivity index (χ4n) is 7.93. The number of unbranched alkanes of at least 4 members (excludes halogenated alkanes) is 4. The highest BCUT2D eigenvalue weighted by atomic mass is 16.3. The van der Waals surface area contributed by atoms with Gasteiger partial charge in [-0.1, -0.05) is 62.9 Å². The first kappa shape index (κ1) is 65.8. The van der Waals surface area contributed by atoms with Gasteiger partial charge >= 0.3 is 0 Å². The van der Waals surface area contributed by atoms with Gasteiger partial charge < -0.3 is 90.8 Å². The number of benzene rings is 1. The molecule has 1 heterocycles. The van der Waals surface area contributed by atoms with E-state index in [0.717, 1.165) is 32.6 Å². The molecule has 76 heavy (non-hydrogen) atoms. The van der Waals surface area contributed by atoms with E-state index in [1.54, 1.807) is 30.3 Å². The molecule has 0 aromatic heterocycles. The van der Waals surface area contributed by atoms with E-state index in [-0.39, 0.29) is 51.7 Å². The zero-order valence-electron chi connectivity index (χ0n) is 44.1. The van der Waals surface area contributed by atoms with Crippen LogP contribution in [0.15, 0.2) is 30.3 Å². The van der Waals surface area contributed by atoms with Gasteiger partial charge in [0.25, 0.3) is 0 Å². The summed E-state index contributed by atoms with van der Waals surface area (Å²) in [6, 6.07) is -6.25. The fraction of sp³-hybridized carbons (Fsp3) is 0.673. The lowest BCUT2D eigenvalue weighted by atomic mass is 10.0. The van der Waals surface area contributed by atoms with Crippen LogP contribution in [0.5, 0.6) is 0 Å². The van der Waals surface area contributed by atoms with Crippen LogP contribution in [0.4, 0.5) is 0 Å². The molecule has 0 saturated carbocycles. The van der Waals surface area contributed by atoms with Crippen molar-refractivity contribution in [2.24, 2.45) is 17.2 Å². The highest BCUT2D eigenvalue weighted by molar-refractivity contribution is 5.99. The average molecular weight is 1080 g/mol. The third-order valence-electron chi connectivity index (χ3n) is 12.3. The van der Waals surface area contributed by atoms with Crippen molar-refractivity contribution in [1.29, 1.82) is 0 Å². The Morgan fingerprint density at radius 1 is 0.566 bits per heavy atom. The molecule has 10 amide bonds. The molecule has 0 radical (unpaired) electrons. The normalized spacial score (nSPS) is 24.2.